The lowest BCUT2D eigenvalue weighted by atomic mass is 9.90. The van der Waals surface area contributed by atoms with E-state index in [0.29, 0.717) is 19.1 Å². The second kappa shape index (κ2) is 8.61. The summed E-state index contributed by atoms with van der Waals surface area (Å²) in [5.74, 6) is 0.273. The number of halogens is 2. The van der Waals surface area contributed by atoms with E-state index in [0.717, 1.165) is 37.9 Å². The molecule has 1 aromatic rings. The largest absolute Gasteiger partial charge is 0.376 e. The first-order valence-electron chi connectivity index (χ1n) is 8.92. The molecule has 2 heterocycles. The van der Waals surface area contributed by atoms with E-state index in [1.165, 1.54) is 12.1 Å². The van der Waals surface area contributed by atoms with Crippen LogP contribution in [-0.4, -0.2) is 49.5 Å². The van der Waals surface area contributed by atoms with Gasteiger partial charge in [0.05, 0.1) is 12.1 Å². The first kappa shape index (κ1) is 18.1. The summed E-state index contributed by atoms with van der Waals surface area (Å²) in [4.78, 5) is 5.06. The Morgan fingerprint density at radius 3 is 2.84 bits per heavy atom. The molecule has 0 aliphatic carbocycles. The lowest BCUT2D eigenvalue weighted by Gasteiger charge is -2.38. The smallest absolute Gasteiger partial charge is 0.123 e. The fourth-order valence-electron chi connectivity index (χ4n) is 3.89. The lowest BCUT2D eigenvalue weighted by Crippen LogP contribution is -2.49. The van der Waals surface area contributed by atoms with Crippen LogP contribution in [0.1, 0.15) is 24.8 Å². The van der Waals surface area contributed by atoms with E-state index in [1.807, 2.05) is 12.1 Å². The molecule has 0 aromatic heterocycles. The van der Waals surface area contributed by atoms with Crippen molar-refractivity contribution in [2.45, 2.75) is 44.0 Å². The monoisotopic (exact) mass is 350 g/mol. The van der Waals surface area contributed by atoms with E-state index >= 15 is 0 Å². The standard InChI is InChI=1S/C18H24F2N4O/c19-15-5-3-13(4-6-15)10-14-2-1-8-24(11-14)12-17-18(22-23-21)16(20)7-9-25-17/h3-6,14,16-18H,1-2,7-12H2/t14-,16+,17+,18+/m0/s1. The van der Waals surface area contributed by atoms with Gasteiger partial charge in [0.15, 0.2) is 0 Å². The van der Waals surface area contributed by atoms with Gasteiger partial charge in [-0.25, -0.2) is 8.78 Å². The summed E-state index contributed by atoms with van der Waals surface area (Å²) in [6.45, 7) is 2.80. The van der Waals surface area contributed by atoms with Crippen molar-refractivity contribution in [1.82, 2.24) is 4.90 Å². The van der Waals surface area contributed by atoms with Gasteiger partial charge >= 0.3 is 0 Å². The van der Waals surface area contributed by atoms with Crippen LogP contribution in [0.2, 0.25) is 0 Å². The Balaban J connectivity index is 1.57. The van der Waals surface area contributed by atoms with Gasteiger partial charge in [-0.2, -0.15) is 0 Å². The van der Waals surface area contributed by atoms with Crippen LogP contribution in [0.4, 0.5) is 8.78 Å². The van der Waals surface area contributed by atoms with Crippen LogP contribution in [0.5, 0.6) is 0 Å². The molecular weight excluding hydrogens is 326 g/mol. The minimum atomic E-state index is -1.13. The highest BCUT2D eigenvalue weighted by Gasteiger charge is 2.35. The molecule has 2 fully saturated rings. The van der Waals surface area contributed by atoms with Crippen LogP contribution in [0.25, 0.3) is 10.4 Å². The summed E-state index contributed by atoms with van der Waals surface area (Å²) >= 11 is 0. The molecule has 5 nitrogen and oxygen atoms in total. The molecule has 0 N–H and O–H groups in total. The summed E-state index contributed by atoms with van der Waals surface area (Å²) in [6, 6.07) is 5.93. The van der Waals surface area contributed by atoms with Gasteiger partial charge in [0, 0.05) is 31.0 Å². The Bertz CT molecular complexity index is 606. The molecular formula is C18H24F2N4O. The third-order valence-electron chi connectivity index (χ3n) is 5.14. The minimum absolute atomic E-state index is 0.215. The van der Waals surface area contributed by atoms with E-state index in [1.54, 1.807) is 0 Å². The Hall–Kier alpha value is -1.69. The van der Waals surface area contributed by atoms with Gasteiger partial charge < -0.3 is 9.64 Å². The number of azide groups is 1. The number of benzene rings is 1. The summed E-state index contributed by atoms with van der Waals surface area (Å²) in [6.07, 6.45) is 1.88. The van der Waals surface area contributed by atoms with Crippen molar-refractivity contribution >= 4 is 0 Å². The molecule has 2 aliphatic heterocycles. The van der Waals surface area contributed by atoms with Crippen molar-refractivity contribution in [3.8, 4) is 0 Å². The quantitative estimate of drug-likeness (QED) is 0.459. The van der Waals surface area contributed by atoms with Crippen LogP contribution in [0.15, 0.2) is 29.4 Å². The highest BCUT2D eigenvalue weighted by atomic mass is 19.1. The van der Waals surface area contributed by atoms with E-state index in [9.17, 15) is 8.78 Å². The molecule has 2 saturated heterocycles. The van der Waals surface area contributed by atoms with E-state index in [2.05, 4.69) is 14.9 Å². The third-order valence-corrected chi connectivity index (χ3v) is 5.14. The third kappa shape index (κ3) is 4.91. The summed E-state index contributed by atoms with van der Waals surface area (Å²) in [5.41, 5.74) is 9.82. The first-order valence-corrected chi connectivity index (χ1v) is 8.92. The molecule has 3 rings (SSSR count). The maximum atomic E-state index is 14.0. The second-order valence-corrected chi connectivity index (χ2v) is 7.01. The van der Waals surface area contributed by atoms with Crippen molar-refractivity contribution in [2.24, 2.45) is 11.0 Å². The maximum absolute atomic E-state index is 14.0. The fraction of sp³-hybridized carbons (Fsp3) is 0.667. The second-order valence-electron chi connectivity index (χ2n) is 7.01. The Kier molecular flexibility index (Phi) is 6.24. The molecule has 0 spiro atoms. The fourth-order valence-corrected chi connectivity index (χ4v) is 3.89. The number of likely N-dealkylation sites (tertiary alicyclic amines) is 1. The van der Waals surface area contributed by atoms with Crippen molar-refractivity contribution in [3.05, 3.63) is 46.1 Å². The van der Waals surface area contributed by atoms with E-state index in [-0.39, 0.29) is 18.3 Å². The summed E-state index contributed by atoms with van der Waals surface area (Å²) in [7, 11) is 0. The summed E-state index contributed by atoms with van der Waals surface area (Å²) < 4.78 is 32.8. The number of hydrogen-bond donors (Lipinski definition) is 0. The van der Waals surface area contributed by atoms with Gasteiger partial charge in [-0.3, -0.25) is 0 Å². The molecule has 25 heavy (non-hydrogen) atoms. The normalized spacial score (nSPS) is 30.6. The SMILES string of the molecule is [N-]=[N+]=N[C@@H]1[C@H](F)CCO[C@@H]1CN1CCC[C@@H](Cc2ccc(F)cc2)C1. The predicted molar refractivity (Wildman–Crippen MR) is 91.5 cm³/mol. The van der Waals surface area contributed by atoms with Crippen LogP contribution in [0, 0.1) is 11.7 Å². The van der Waals surface area contributed by atoms with Crippen LogP contribution < -0.4 is 0 Å². The Morgan fingerprint density at radius 1 is 1.28 bits per heavy atom. The zero-order valence-corrected chi connectivity index (χ0v) is 14.2. The highest BCUT2D eigenvalue weighted by Crippen LogP contribution is 2.25. The number of ether oxygens (including phenoxy) is 1. The number of piperidine rings is 1. The number of hydrogen-bond acceptors (Lipinski definition) is 3. The average molecular weight is 350 g/mol. The van der Waals surface area contributed by atoms with Gasteiger partial charge in [0.2, 0.25) is 0 Å². The zero-order valence-electron chi connectivity index (χ0n) is 14.2. The highest BCUT2D eigenvalue weighted by molar-refractivity contribution is 5.16. The van der Waals surface area contributed by atoms with Crippen molar-refractivity contribution in [1.29, 1.82) is 0 Å². The van der Waals surface area contributed by atoms with E-state index < -0.39 is 12.2 Å². The molecule has 0 amide bonds. The lowest BCUT2D eigenvalue weighted by molar-refractivity contribution is -0.0532. The number of alkyl halides is 1. The van der Waals surface area contributed by atoms with Crippen LogP contribution >= 0.6 is 0 Å². The van der Waals surface area contributed by atoms with Crippen molar-refractivity contribution < 1.29 is 13.5 Å². The molecule has 0 bridgehead atoms. The molecule has 0 unspecified atom stereocenters. The Morgan fingerprint density at radius 2 is 2.08 bits per heavy atom. The van der Waals surface area contributed by atoms with Gasteiger partial charge in [0.25, 0.3) is 0 Å². The van der Waals surface area contributed by atoms with Gasteiger partial charge in [0.1, 0.15) is 12.0 Å². The summed E-state index contributed by atoms with van der Waals surface area (Å²) in [5, 5.41) is 3.62. The van der Waals surface area contributed by atoms with Gasteiger partial charge in [-0.15, -0.1) is 0 Å². The molecule has 4 atom stereocenters. The van der Waals surface area contributed by atoms with Gasteiger partial charge in [-0.1, -0.05) is 17.2 Å². The van der Waals surface area contributed by atoms with Crippen LogP contribution in [0.3, 0.4) is 0 Å². The molecule has 2 aliphatic rings. The number of rotatable bonds is 5. The maximum Gasteiger partial charge on any atom is 0.123 e. The zero-order chi connectivity index (χ0) is 17.6. The predicted octanol–water partition coefficient (Wildman–Crippen LogP) is 3.89. The molecule has 0 saturated carbocycles. The average Bonchev–Trinajstić information content (AvgIpc) is 2.60. The Labute approximate surface area is 146 Å². The molecule has 1 aromatic carbocycles. The number of nitrogens with zero attached hydrogens (tertiary/aromatic N) is 4. The van der Waals surface area contributed by atoms with Crippen molar-refractivity contribution in [2.75, 3.05) is 26.2 Å². The van der Waals surface area contributed by atoms with Crippen molar-refractivity contribution in [3.63, 3.8) is 0 Å². The molecule has 136 valence electrons. The molecule has 7 heteroatoms. The minimum Gasteiger partial charge on any atom is -0.376 e. The van der Waals surface area contributed by atoms with Crippen LogP contribution in [-0.2, 0) is 11.2 Å². The van der Waals surface area contributed by atoms with Gasteiger partial charge in [-0.05, 0) is 55.0 Å². The topological polar surface area (TPSA) is 61.2 Å². The van der Waals surface area contributed by atoms with E-state index in [4.69, 9.17) is 10.3 Å². The molecule has 0 radical (unpaired) electrons. The first-order chi connectivity index (χ1) is 12.2.